The van der Waals surface area contributed by atoms with Crippen LogP contribution in [0.2, 0.25) is 5.02 Å². The third-order valence-corrected chi connectivity index (χ3v) is 4.92. The lowest BCUT2D eigenvalue weighted by molar-refractivity contribution is -0.139. The van der Waals surface area contributed by atoms with E-state index in [2.05, 4.69) is 10.6 Å². The van der Waals surface area contributed by atoms with Gasteiger partial charge in [-0.2, -0.15) is 0 Å². The van der Waals surface area contributed by atoms with Gasteiger partial charge in [-0.05, 0) is 48.9 Å². The number of carboxylic acid groups (broad SMARTS) is 1. The van der Waals surface area contributed by atoms with Gasteiger partial charge in [-0.15, -0.1) is 0 Å². The lowest BCUT2D eigenvalue weighted by atomic mass is 10.1. The van der Waals surface area contributed by atoms with Crippen molar-refractivity contribution in [2.24, 2.45) is 0 Å². The van der Waals surface area contributed by atoms with Crippen LogP contribution in [0.15, 0.2) is 72.8 Å². The molecule has 164 valence electrons. The SMILES string of the molecule is Cc1ccc(NC(=O)Oc2ccc(C[C@H](NC(=O)c3ccccc3Cl)C(=O)O)cc2)cc1. The van der Waals surface area contributed by atoms with E-state index in [0.29, 0.717) is 17.0 Å². The summed E-state index contributed by atoms with van der Waals surface area (Å²) < 4.78 is 5.24. The molecule has 0 aliphatic rings. The lowest BCUT2D eigenvalue weighted by Gasteiger charge is -2.15. The van der Waals surface area contributed by atoms with E-state index >= 15 is 0 Å². The Bertz CT molecular complexity index is 1110. The van der Waals surface area contributed by atoms with Crippen molar-refractivity contribution in [1.82, 2.24) is 5.32 Å². The zero-order valence-electron chi connectivity index (χ0n) is 17.2. The van der Waals surface area contributed by atoms with Crippen molar-refractivity contribution in [3.05, 3.63) is 94.5 Å². The van der Waals surface area contributed by atoms with Gasteiger partial charge in [0.1, 0.15) is 11.8 Å². The minimum Gasteiger partial charge on any atom is -0.480 e. The predicted molar refractivity (Wildman–Crippen MR) is 121 cm³/mol. The highest BCUT2D eigenvalue weighted by molar-refractivity contribution is 6.33. The summed E-state index contributed by atoms with van der Waals surface area (Å²) in [5.74, 6) is -1.45. The number of aryl methyl sites for hydroxylation is 1. The Balaban J connectivity index is 1.59. The molecule has 0 heterocycles. The number of carbonyl (C=O) groups excluding carboxylic acids is 2. The van der Waals surface area contributed by atoms with Crippen molar-refractivity contribution in [3.8, 4) is 5.75 Å². The average molecular weight is 453 g/mol. The number of halogens is 1. The standard InChI is InChI=1S/C24H21ClN2O5/c1-15-6-10-17(11-7-15)26-24(31)32-18-12-8-16(9-13-18)14-21(23(29)30)27-22(28)19-4-2-3-5-20(19)25/h2-13,21H,14H2,1H3,(H,26,31)(H,27,28)(H,29,30)/t21-/m0/s1. The summed E-state index contributed by atoms with van der Waals surface area (Å²) in [6.07, 6.45) is -0.599. The van der Waals surface area contributed by atoms with E-state index in [-0.39, 0.29) is 17.0 Å². The molecule has 0 saturated carbocycles. The molecular formula is C24H21ClN2O5. The molecule has 3 N–H and O–H groups in total. The smallest absolute Gasteiger partial charge is 0.417 e. The third kappa shape index (κ3) is 6.33. The molecule has 1 atom stereocenters. The molecule has 7 nitrogen and oxygen atoms in total. The minimum absolute atomic E-state index is 0.0430. The quantitative estimate of drug-likeness (QED) is 0.482. The second kappa shape index (κ2) is 10.5. The topological polar surface area (TPSA) is 105 Å². The Kier molecular flexibility index (Phi) is 7.46. The van der Waals surface area contributed by atoms with E-state index in [1.165, 1.54) is 6.07 Å². The Hall–Kier alpha value is -3.84. The fraction of sp³-hybridized carbons (Fsp3) is 0.125. The van der Waals surface area contributed by atoms with Crippen LogP contribution in [0.5, 0.6) is 5.75 Å². The lowest BCUT2D eigenvalue weighted by Crippen LogP contribution is -2.42. The van der Waals surface area contributed by atoms with Crippen LogP contribution in [0.25, 0.3) is 0 Å². The zero-order chi connectivity index (χ0) is 23.1. The molecule has 0 fully saturated rings. The summed E-state index contributed by atoms with van der Waals surface area (Å²) >= 11 is 6.00. The van der Waals surface area contributed by atoms with Crippen LogP contribution in [-0.4, -0.2) is 29.1 Å². The number of benzene rings is 3. The van der Waals surface area contributed by atoms with Crippen molar-refractivity contribution in [3.63, 3.8) is 0 Å². The van der Waals surface area contributed by atoms with E-state index in [1.807, 2.05) is 19.1 Å². The first-order valence-corrected chi connectivity index (χ1v) is 10.1. The van der Waals surface area contributed by atoms with Crippen molar-refractivity contribution in [1.29, 1.82) is 0 Å². The molecular weight excluding hydrogens is 432 g/mol. The van der Waals surface area contributed by atoms with Gasteiger partial charge in [0.05, 0.1) is 10.6 Å². The number of hydrogen-bond donors (Lipinski definition) is 3. The monoisotopic (exact) mass is 452 g/mol. The fourth-order valence-corrected chi connectivity index (χ4v) is 3.12. The van der Waals surface area contributed by atoms with Gasteiger partial charge < -0.3 is 15.2 Å². The number of amides is 2. The second-order valence-electron chi connectivity index (χ2n) is 7.07. The van der Waals surface area contributed by atoms with Gasteiger partial charge in [0.25, 0.3) is 5.91 Å². The van der Waals surface area contributed by atoms with Gasteiger partial charge >= 0.3 is 12.1 Å². The Morgan fingerprint density at radius 3 is 2.25 bits per heavy atom. The number of aliphatic carboxylic acids is 1. The van der Waals surface area contributed by atoms with Gasteiger partial charge in [-0.1, -0.05) is 53.6 Å². The van der Waals surface area contributed by atoms with Crippen LogP contribution < -0.4 is 15.4 Å². The summed E-state index contributed by atoms with van der Waals surface area (Å²) in [5.41, 5.74) is 2.52. The summed E-state index contributed by atoms with van der Waals surface area (Å²) in [4.78, 5) is 36.1. The molecule has 0 bridgehead atoms. The number of hydrogen-bond acceptors (Lipinski definition) is 4. The van der Waals surface area contributed by atoms with Crippen LogP contribution in [0.3, 0.4) is 0 Å². The highest BCUT2D eigenvalue weighted by Crippen LogP contribution is 2.17. The van der Waals surface area contributed by atoms with Crippen molar-refractivity contribution in [2.75, 3.05) is 5.32 Å². The van der Waals surface area contributed by atoms with Crippen molar-refractivity contribution < 1.29 is 24.2 Å². The molecule has 2 amide bonds. The molecule has 3 aromatic carbocycles. The molecule has 0 radical (unpaired) electrons. The van der Waals surface area contributed by atoms with Gasteiger partial charge in [0.15, 0.2) is 0 Å². The highest BCUT2D eigenvalue weighted by Gasteiger charge is 2.22. The largest absolute Gasteiger partial charge is 0.480 e. The first-order chi connectivity index (χ1) is 15.3. The molecule has 3 aromatic rings. The highest BCUT2D eigenvalue weighted by atomic mass is 35.5. The maximum absolute atomic E-state index is 12.4. The summed E-state index contributed by atoms with van der Waals surface area (Å²) in [7, 11) is 0. The maximum Gasteiger partial charge on any atom is 0.417 e. The molecule has 0 aliphatic carbocycles. The molecule has 0 aromatic heterocycles. The molecule has 3 rings (SSSR count). The van der Waals surface area contributed by atoms with Crippen molar-refractivity contribution >= 4 is 35.3 Å². The van der Waals surface area contributed by atoms with Crippen LogP contribution in [0.1, 0.15) is 21.5 Å². The molecule has 0 spiro atoms. The fourth-order valence-electron chi connectivity index (χ4n) is 2.90. The Labute approximate surface area is 190 Å². The van der Waals surface area contributed by atoms with E-state index < -0.39 is 24.0 Å². The van der Waals surface area contributed by atoms with E-state index in [4.69, 9.17) is 16.3 Å². The Morgan fingerprint density at radius 1 is 0.969 bits per heavy atom. The number of nitrogens with one attached hydrogen (secondary N) is 2. The van der Waals surface area contributed by atoms with E-state index in [9.17, 15) is 19.5 Å². The van der Waals surface area contributed by atoms with Gasteiger partial charge in [0, 0.05) is 12.1 Å². The number of rotatable bonds is 7. The first kappa shape index (κ1) is 22.8. The van der Waals surface area contributed by atoms with Crippen LogP contribution in [0, 0.1) is 6.92 Å². The molecule has 32 heavy (non-hydrogen) atoms. The van der Waals surface area contributed by atoms with E-state index in [1.54, 1.807) is 54.6 Å². The number of ether oxygens (including phenoxy) is 1. The van der Waals surface area contributed by atoms with Gasteiger partial charge in [-0.25, -0.2) is 9.59 Å². The normalized spacial score (nSPS) is 11.3. The third-order valence-electron chi connectivity index (χ3n) is 4.59. The molecule has 0 unspecified atom stereocenters. The van der Waals surface area contributed by atoms with Crippen LogP contribution >= 0.6 is 11.6 Å². The van der Waals surface area contributed by atoms with Crippen LogP contribution in [0.4, 0.5) is 10.5 Å². The molecule has 8 heteroatoms. The zero-order valence-corrected chi connectivity index (χ0v) is 17.9. The van der Waals surface area contributed by atoms with Crippen molar-refractivity contribution in [2.45, 2.75) is 19.4 Å². The summed E-state index contributed by atoms with van der Waals surface area (Å²) in [6.45, 7) is 1.95. The number of carboxylic acids is 1. The van der Waals surface area contributed by atoms with Crippen LogP contribution in [-0.2, 0) is 11.2 Å². The number of carbonyl (C=O) groups is 3. The summed E-state index contributed by atoms with van der Waals surface area (Å²) in [6, 6.07) is 18.9. The van der Waals surface area contributed by atoms with E-state index in [0.717, 1.165) is 5.56 Å². The van der Waals surface area contributed by atoms with Gasteiger partial charge in [0.2, 0.25) is 0 Å². The predicted octanol–water partition coefficient (Wildman–Crippen LogP) is 4.69. The summed E-state index contributed by atoms with van der Waals surface area (Å²) in [5, 5.41) is 14.8. The Morgan fingerprint density at radius 2 is 1.62 bits per heavy atom. The molecule has 0 aliphatic heterocycles. The second-order valence-corrected chi connectivity index (χ2v) is 7.48. The first-order valence-electron chi connectivity index (χ1n) is 9.74. The minimum atomic E-state index is -1.18. The average Bonchev–Trinajstić information content (AvgIpc) is 2.76. The number of anilines is 1. The van der Waals surface area contributed by atoms with Gasteiger partial charge in [-0.3, -0.25) is 10.1 Å². The maximum atomic E-state index is 12.4. The molecule has 0 saturated heterocycles.